The summed E-state index contributed by atoms with van der Waals surface area (Å²) in [5.41, 5.74) is 0. The molecule has 1 saturated heterocycles. The summed E-state index contributed by atoms with van der Waals surface area (Å²) >= 11 is 0. The quantitative estimate of drug-likeness (QED) is 0.771. The Morgan fingerprint density at radius 1 is 1.00 bits per heavy atom. The van der Waals surface area contributed by atoms with Crippen LogP contribution in [0.4, 0.5) is 0 Å². The zero-order chi connectivity index (χ0) is 10.5. The SMILES string of the molecule is CC1CCC(CNCC2CCOC2)CC1. The Balaban J connectivity index is 1.53. The van der Waals surface area contributed by atoms with E-state index in [2.05, 4.69) is 12.2 Å². The Morgan fingerprint density at radius 3 is 2.40 bits per heavy atom. The largest absolute Gasteiger partial charge is 0.381 e. The van der Waals surface area contributed by atoms with E-state index in [1.165, 1.54) is 45.2 Å². The lowest BCUT2D eigenvalue weighted by Crippen LogP contribution is -2.30. The first-order chi connectivity index (χ1) is 7.34. The Labute approximate surface area is 93.8 Å². The molecule has 0 aromatic rings. The predicted molar refractivity (Wildman–Crippen MR) is 62.9 cm³/mol. The van der Waals surface area contributed by atoms with Crippen LogP contribution in [0.5, 0.6) is 0 Å². The molecule has 2 fully saturated rings. The molecule has 2 nitrogen and oxygen atoms in total. The highest BCUT2D eigenvalue weighted by Crippen LogP contribution is 2.27. The van der Waals surface area contributed by atoms with Crippen molar-refractivity contribution in [2.45, 2.75) is 39.0 Å². The molecule has 2 aliphatic rings. The molecule has 1 atom stereocenters. The van der Waals surface area contributed by atoms with E-state index in [1.807, 2.05) is 0 Å². The van der Waals surface area contributed by atoms with Crippen LogP contribution in [0.3, 0.4) is 0 Å². The van der Waals surface area contributed by atoms with Gasteiger partial charge in [0.15, 0.2) is 0 Å². The minimum Gasteiger partial charge on any atom is -0.381 e. The molecule has 1 saturated carbocycles. The van der Waals surface area contributed by atoms with Gasteiger partial charge in [-0.05, 0) is 43.6 Å². The smallest absolute Gasteiger partial charge is 0.0507 e. The molecular formula is C13H25NO. The van der Waals surface area contributed by atoms with E-state index >= 15 is 0 Å². The fourth-order valence-corrected chi connectivity index (χ4v) is 2.77. The van der Waals surface area contributed by atoms with Crippen molar-refractivity contribution in [3.8, 4) is 0 Å². The van der Waals surface area contributed by atoms with Crippen molar-refractivity contribution in [3.05, 3.63) is 0 Å². The number of hydrogen-bond acceptors (Lipinski definition) is 2. The van der Waals surface area contributed by atoms with Crippen LogP contribution in [0, 0.1) is 17.8 Å². The van der Waals surface area contributed by atoms with Crippen LogP contribution >= 0.6 is 0 Å². The van der Waals surface area contributed by atoms with Crippen molar-refractivity contribution in [1.82, 2.24) is 5.32 Å². The molecule has 0 aromatic carbocycles. The second-order valence-corrected chi connectivity index (χ2v) is 5.51. The van der Waals surface area contributed by atoms with E-state index in [4.69, 9.17) is 4.74 Å². The highest BCUT2D eigenvalue weighted by molar-refractivity contribution is 4.73. The van der Waals surface area contributed by atoms with Gasteiger partial charge in [0.1, 0.15) is 0 Å². The van der Waals surface area contributed by atoms with Crippen molar-refractivity contribution >= 4 is 0 Å². The second kappa shape index (κ2) is 5.86. The number of rotatable bonds is 4. The maximum Gasteiger partial charge on any atom is 0.0507 e. The molecule has 0 amide bonds. The maximum absolute atomic E-state index is 5.37. The highest BCUT2D eigenvalue weighted by Gasteiger charge is 2.19. The molecule has 0 radical (unpaired) electrons. The van der Waals surface area contributed by atoms with Gasteiger partial charge in [-0.15, -0.1) is 0 Å². The molecule has 1 N–H and O–H groups in total. The third kappa shape index (κ3) is 3.76. The summed E-state index contributed by atoms with van der Waals surface area (Å²) in [6, 6.07) is 0. The fourth-order valence-electron chi connectivity index (χ4n) is 2.77. The first kappa shape index (κ1) is 11.4. The van der Waals surface area contributed by atoms with Gasteiger partial charge < -0.3 is 10.1 Å². The first-order valence-electron chi connectivity index (χ1n) is 6.63. The summed E-state index contributed by atoms with van der Waals surface area (Å²) in [5, 5.41) is 3.63. The first-order valence-corrected chi connectivity index (χ1v) is 6.63. The Kier molecular flexibility index (Phi) is 4.45. The average molecular weight is 211 g/mol. The lowest BCUT2D eigenvalue weighted by molar-refractivity contribution is 0.184. The zero-order valence-corrected chi connectivity index (χ0v) is 10.0. The van der Waals surface area contributed by atoms with Gasteiger partial charge in [0, 0.05) is 13.2 Å². The number of ether oxygens (including phenoxy) is 1. The van der Waals surface area contributed by atoms with Gasteiger partial charge in [0.25, 0.3) is 0 Å². The molecule has 0 aromatic heterocycles. The summed E-state index contributed by atoms with van der Waals surface area (Å²) in [7, 11) is 0. The van der Waals surface area contributed by atoms with Crippen LogP contribution in [-0.4, -0.2) is 26.3 Å². The minimum absolute atomic E-state index is 0.785. The molecule has 2 rings (SSSR count). The summed E-state index contributed by atoms with van der Waals surface area (Å²) in [4.78, 5) is 0. The Bertz CT molecular complexity index is 169. The summed E-state index contributed by atoms with van der Waals surface area (Å²) in [6.45, 7) is 6.76. The number of nitrogens with one attached hydrogen (secondary N) is 1. The van der Waals surface area contributed by atoms with Crippen LogP contribution in [0.15, 0.2) is 0 Å². The normalized spacial score (nSPS) is 37.0. The van der Waals surface area contributed by atoms with E-state index in [0.29, 0.717) is 0 Å². The van der Waals surface area contributed by atoms with E-state index in [1.54, 1.807) is 0 Å². The number of hydrogen-bond donors (Lipinski definition) is 1. The zero-order valence-electron chi connectivity index (χ0n) is 10.0. The van der Waals surface area contributed by atoms with Crippen LogP contribution in [-0.2, 0) is 4.74 Å². The van der Waals surface area contributed by atoms with Crippen LogP contribution in [0.1, 0.15) is 39.0 Å². The van der Waals surface area contributed by atoms with Crippen LogP contribution in [0.2, 0.25) is 0 Å². The van der Waals surface area contributed by atoms with Gasteiger partial charge in [-0.3, -0.25) is 0 Å². The summed E-state index contributed by atoms with van der Waals surface area (Å²) in [5.74, 6) is 2.71. The average Bonchev–Trinajstić information content (AvgIpc) is 2.74. The topological polar surface area (TPSA) is 21.3 Å². The molecule has 2 heteroatoms. The molecule has 88 valence electrons. The highest BCUT2D eigenvalue weighted by atomic mass is 16.5. The van der Waals surface area contributed by atoms with E-state index < -0.39 is 0 Å². The van der Waals surface area contributed by atoms with Crippen molar-refractivity contribution in [2.75, 3.05) is 26.3 Å². The minimum atomic E-state index is 0.785. The molecule has 1 aliphatic heterocycles. The van der Waals surface area contributed by atoms with E-state index in [0.717, 1.165) is 31.0 Å². The fraction of sp³-hybridized carbons (Fsp3) is 1.00. The second-order valence-electron chi connectivity index (χ2n) is 5.51. The van der Waals surface area contributed by atoms with Gasteiger partial charge in [0.05, 0.1) is 6.61 Å². The van der Waals surface area contributed by atoms with E-state index in [-0.39, 0.29) is 0 Å². The van der Waals surface area contributed by atoms with Gasteiger partial charge in [-0.25, -0.2) is 0 Å². The molecular weight excluding hydrogens is 186 g/mol. The van der Waals surface area contributed by atoms with Crippen molar-refractivity contribution < 1.29 is 4.74 Å². The summed E-state index contributed by atoms with van der Waals surface area (Å²) in [6.07, 6.45) is 7.02. The van der Waals surface area contributed by atoms with Crippen LogP contribution < -0.4 is 5.32 Å². The molecule has 1 aliphatic carbocycles. The standard InChI is InChI=1S/C13H25NO/c1-11-2-4-12(5-3-11)8-14-9-13-6-7-15-10-13/h11-14H,2-10H2,1H3. The molecule has 0 bridgehead atoms. The van der Waals surface area contributed by atoms with Crippen molar-refractivity contribution in [2.24, 2.45) is 17.8 Å². The summed E-state index contributed by atoms with van der Waals surface area (Å²) < 4.78 is 5.37. The monoisotopic (exact) mass is 211 g/mol. The molecule has 1 heterocycles. The molecule has 1 unspecified atom stereocenters. The van der Waals surface area contributed by atoms with Gasteiger partial charge in [-0.1, -0.05) is 19.8 Å². The Hall–Kier alpha value is -0.0800. The predicted octanol–water partition coefficient (Wildman–Crippen LogP) is 2.44. The van der Waals surface area contributed by atoms with Crippen molar-refractivity contribution in [3.63, 3.8) is 0 Å². The third-order valence-corrected chi connectivity index (χ3v) is 4.03. The molecule has 0 spiro atoms. The van der Waals surface area contributed by atoms with Crippen molar-refractivity contribution in [1.29, 1.82) is 0 Å². The third-order valence-electron chi connectivity index (χ3n) is 4.03. The van der Waals surface area contributed by atoms with Gasteiger partial charge in [0.2, 0.25) is 0 Å². The maximum atomic E-state index is 5.37. The van der Waals surface area contributed by atoms with Gasteiger partial charge >= 0.3 is 0 Å². The van der Waals surface area contributed by atoms with Crippen LogP contribution in [0.25, 0.3) is 0 Å². The van der Waals surface area contributed by atoms with E-state index in [9.17, 15) is 0 Å². The molecule has 15 heavy (non-hydrogen) atoms. The van der Waals surface area contributed by atoms with Gasteiger partial charge in [-0.2, -0.15) is 0 Å². The lowest BCUT2D eigenvalue weighted by Gasteiger charge is -2.26. The lowest BCUT2D eigenvalue weighted by atomic mass is 9.83. The Morgan fingerprint density at radius 2 is 1.73 bits per heavy atom.